The number of carbonyl (C=O) groups is 1. The fraction of sp³-hybridized carbons (Fsp3) is 0.100. The van der Waals surface area contributed by atoms with Crippen LogP contribution in [0.4, 0.5) is 0 Å². The molecule has 0 amide bonds. The van der Waals surface area contributed by atoms with E-state index in [-0.39, 0.29) is 0 Å². The Hall–Kier alpha value is -1.57. The van der Waals surface area contributed by atoms with Gasteiger partial charge in [-0.25, -0.2) is 0 Å². The Labute approximate surface area is 72.0 Å². The summed E-state index contributed by atoms with van der Waals surface area (Å²) >= 11 is 0. The average molecular weight is 161 g/mol. The summed E-state index contributed by atoms with van der Waals surface area (Å²) < 4.78 is 0. The average Bonchev–Trinajstić information content (AvgIpc) is 2.17. The lowest BCUT2D eigenvalue weighted by molar-refractivity contribution is -0.104. The molecule has 0 bridgehead atoms. The highest BCUT2D eigenvalue weighted by Crippen LogP contribution is 2.06. The van der Waals surface area contributed by atoms with Crippen molar-refractivity contribution >= 4 is 6.29 Å². The summed E-state index contributed by atoms with van der Waals surface area (Å²) in [5, 5.41) is 2.98. The van der Waals surface area contributed by atoms with Crippen LogP contribution >= 0.6 is 0 Å². The molecule has 2 heteroatoms. The second kappa shape index (κ2) is 4.34. The molecule has 0 radical (unpaired) electrons. The molecule has 1 aliphatic heterocycles. The molecule has 0 fully saturated rings. The second-order valence-corrected chi connectivity index (χ2v) is 2.44. The molecule has 0 saturated heterocycles. The predicted molar refractivity (Wildman–Crippen MR) is 49.6 cm³/mol. The van der Waals surface area contributed by atoms with Crippen molar-refractivity contribution in [1.82, 2.24) is 5.32 Å². The number of hydrogen-bond donors (Lipinski definition) is 1. The maximum Gasteiger partial charge on any atom is 0.152 e. The molecule has 0 saturated carbocycles. The normalized spacial score (nSPS) is 26.7. The van der Waals surface area contributed by atoms with E-state index in [1.165, 1.54) is 0 Å². The summed E-state index contributed by atoms with van der Waals surface area (Å²) in [6.45, 7) is 4.48. The molecule has 1 aliphatic rings. The topological polar surface area (TPSA) is 29.1 Å². The third kappa shape index (κ3) is 2.23. The lowest BCUT2D eigenvalue weighted by atomic mass is 10.1. The molecule has 0 aromatic carbocycles. The van der Waals surface area contributed by atoms with Crippen LogP contribution in [0.15, 0.2) is 48.2 Å². The summed E-state index contributed by atoms with van der Waals surface area (Å²) in [5.41, 5.74) is 1.32. The van der Waals surface area contributed by atoms with E-state index in [1.54, 1.807) is 6.20 Å². The Balaban J connectivity index is 2.85. The Bertz CT molecular complexity index is 272. The molecule has 12 heavy (non-hydrogen) atoms. The zero-order valence-corrected chi connectivity index (χ0v) is 6.79. The lowest BCUT2D eigenvalue weighted by Gasteiger charge is -1.98. The number of aldehydes is 1. The Morgan fingerprint density at radius 3 is 3.08 bits per heavy atom. The largest absolute Gasteiger partial charge is 0.387 e. The third-order valence-corrected chi connectivity index (χ3v) is 1.54. The molecule has 1 N–H and O–H groups in total. The van der Waals surface area contributed by atoms with Crippen molar-refractivity contribution in [3.63, 3.8) is 0 Å². The van der Waals surface area contributed by atoms with E-state index in [0.29, 0.717) is 5.57 Å². The lowest BCUT2D eigenvalue weighted by Crippen LogP contribution is -2.06. The van der Waals surface area contributed by atoms with E-state index in [2.05, 4.69) is 11.9 Å². The van der Waals surface area contributed by atoms with Gasteiger partial charge >= 0.3 is 0 Å². The first-order valence-electron chi connectivity index (χ1n) is 3.76. The van der Waals surface area contributed by atoms with Crippen LogP contribution in [-0.2, 0) is 4.79 Å². The quantitative estimate of drug-likeness (QED) is 0.588. The SMILES string of the molecule is C=C1/C=C\C=C/CN/C=C\1C=O. The fourth-order valence-electron chi connectivity index (χ4n) is 0.854. The van der Waals surface area contributed by atoms with Gasteiger partial charge in [0.25, 0.3) is 0 Å². The van der Waals surface area contributed by atoms with Crippen LogP contribution < -0.4 is 5.32 Å². The van der Waals surface area contributed by atoms with Crippen molar-refractivity contribution in [2.24, 2.45) is 0 Å². The summed E-state index contributed by atoms with van der Waals surface area (Å²) in [7, 11) is 0. The highest BCUT2D eigenvalue weighted by molar-refractivity contribution is 5.81. The van der Waals surface area contributed by atoms with E-state index in [0.717, 1.165) is 18.4 Å². The van der Waals surface area contributed by atoms with Crippen LogP contribution in [0.25, 0.3) is 0 Å². The van der Waals surface area contributed by atoms with E-state index in [1.807, 2.05) is 24.3 Å². The molecule has 0 aromatic rings. The first kappa shape index (κ1) is 8.53. The van der Waals surface area contributed by atoms with Crippen LogP contribution in [-0.4, -0.2) is 12.8 Å². The van der Waals surface area contributed by atoms with Crippen LogP contribution in [0, 0.1) is 0 Å². The number of rotatable bonds is 1. The minimum atomic E-state index is 0.593. The van der Waals surface area contributed by atoms with Gasteiger partial charge in [0.1, 0.15) is 0 Å². The molecular weight excluding hydrogens is 150 g/mol. The van der Waals surface area contributed by atoms with Crippen molar-refractivity contribution in [1.29, 1.82) is 0 Å². The summed E-state index contributed by atoms with van der Waals surface area (Å²) in [5.74, 6) is 0. The van der Waals surface area contributed by atoms with Gasteiger partial charge in [-0.05, 0) is 5.57 Å². The predicted octanol–water partition coefficient (Wildman–Crippen LogP) is 1.34. The number of carbonyl (C=O) groups excluding carboxylic acids is 1. The van der Waals surface area contributed by atoms with Crippen molar-refractivity contribution < 1.29 is 4.79 Å². The maximum absolute atomic E-state index is 10.5. The molecular formula is C10H11NO. The first-order chi connectivity index (χ1) is 5.84. The minimum Gasteiger partial charge on any atom is -0.387 e. The van der Waals surface area contributed by atoms with E-state index < -0.39 is 0 Å². The Kier molecular flexibility index (Phi) is 3.08. The molecule has 0 spiro atoms. The van der Waals surface area contributed by atoms with Gasteiger partial charge < -0.3 is 5.32 Å². The first-order valence-corrected chi connectivity index (χ1v) is 3.76. The van der Waals surface area contributed by atoms with Crippen LogP contribution in [0.1, 0.15) is 0 Å². The minimum absolute atomic E-state index is 0.593. The van der Waals surface area contributed by atoms with Gasteiger partial charge in [0, 0.05) is 18.3 Å². The fourth-order valence-corrected chi connectivity index (χ4v) is 0.854. The Morgan fingerprint density at radius 1 is 1.50 bits per heavy atom. The summed E-state index contributed by atoms with van der Waals surface area (Å²) in [6.07, 6.45) is 10.0. The summed E-state index contributed by atoms with van der Waals surface area (Å²) in [4.78, 5) is 10.5. The van der Waals surface area contributed by atoms with Gasteiger partial charge in [-0.3, -0.25) is 4.79 Å². The molecule has 0 aliphatic carbocycles. The van der Waals surface area contributed by atoms with Crippen LogP contribution in [0.2, 0.25) is 0 Å². The van der Waals surface area contributed by atoms with E-state index in [9.17, 15) is 4.79 Å². The second-order valence-electron chi connectivity index (χ2n) is 2.44. The highest BCUT2D eigenvalue weighted by Gasteiger charge is 1.96. The molecule has 0 aromatic heterocycles. The van der Waals surface area contributed by atoms with Gasteiger partial charge in [-0.1, -0.05) is 30.9 Å². The molecule has 0 unspecified atom stereocenters. The van der Waals surface area contributed by atoms with Gasteiger partial charge in [0.05, 0.1) is 0 Å². The van der Waals surface area contributed by atoms with E-state index in [4.69, 9.17) is 0 Å². The van der Waals surface area contributed by atoms with Crippen molar-refractivity contribution in [2.45, 2.75) is 0 Å². The zero-order chi connectivity index (χ0) is 8.81. The number of hydrogen-bond acceptors (Lipinski definition) is 2. The summed E-state index contributed by atoms with van der Waals surface area (Å²) in [6, 6.07) is 0. The smallest absolute Gasteiger partial charge is 0.152 e. The molecule has 0 atom stereocenters. The molecule has 1 heterocycles. The van der Waals surface area contributed by atoms with Gasteiger partial charge in [0.2, 0.25) is 0 Å². The van der Waals surface area contributed by atoms with Gasteiger partial charge in [0.15, 0.2) is 6.29 Å². The van der Waals surface area contributed by atoms with Crippen LogP contribution in [0.3, 0.4) is 0 Å². The number of nitrogens with one attached hydrogen (secondary N) is 1. The molecule has 2 nitrogen and oxygen atoms in total. The maximum atomic E-state index is 10.5. The number of allylic oxidation sites excluding steroid dienone is 5. The third-order valence-electron chi connectivity index (χ3n) is 1.54. The molecule has 1 rings (SSSR count). The van der Waals surface area contributed by atoms with Crippen molar-refractivity contribution in [3.8, 4) is 0 Å². The van der Waals surface area contributed by atoms with E-state index >= 15 is 0 Å². The standard InChI is InChI=1S/C10H11NO/c1-9-5-3-2-4-6-11-7-10(9)8-12/h2-5,7-8,11H,1,6H2/b4-2-,5-3-,10-7-. The Morgan fingerprint density at radius 2 is 2.33 bits per heavy atom. The monoisotopic (exact) mass is 161 g/mol. The van der Waals surface area contributed by atoms with Crippen molar-refractivity contribution in [3.05, 3.63) is 48.2 Å². The van der Waals surface area contributed by atoms with Crippen LogP contribution in [0.5, 0.6) is 0 Å². The van der Waals surface area contributed by atoms with Crippen molar-refractivity contribution in [2.75, 3.05) is 6.54 Å². The zero-order valence-electron chi connectivity index (χ0n) is 6.79. The molecule has 62 valence electrons. The highest BCUT2D eigenvalue weighted by atomic mass is 16.1. The van der Waals surface area contributed by atoms with Gasteiger partial charge in [-0.15, -0.1) is 0 Å². The van der Waals surface area contributed by atoms with Gasteiger partial charge in [-0.2, -0.15) is 0 Å².